The molecule has 3 heterocycles. The van der Waals surface area contributed by atoms with Gasteiger partial charge in [-0.25, -0.2) is 0 Å². The number of carbonyl (C=O) groups is 3. The standard InChI is InChI=1S/C27H28BrClN2O5S/c1-2-36-26(35)20-21-25(34)31(16(14-32)12-15-8-4-3-5-9-15)23(27(21)13-17(28)22(20)37-27)24(33)30-19-11-7-6-10-18(19)29/h3-11,16-17,20-23,32H,2,12-14H2,1H3,(H,30,33)/t16-,17?,20+,21+,22+,23?,27?/m1/s1. The van der Waals surface area contributed by atoms with Crippen LogP contribution in [-0.4, -0.2) is 67.9 Å². The second kappa shape index (κ2) is 10.6. The number of nitrogens with zero attached hydrogens (tertiary/aromatic N) is 1. The summed E-state index contributed by atoms with van der Waals surface area (Å²) in [6.07, 6.45) is 0.910. The molecule has 0 aliphatic carbocycles. The molecular formula is C27H28BrClN2O5S. The van der Waals surface area contributed by atoms with Gasteiger partial charge in [0.15, 0.2) is 0 Å². The number of anilines is 1. The highest BCUT2D eigenvalue weighted by Gasteiger charge is 2.76. The average molecular weight is 608 g/mol. The minimum Gasteiger partial charge on any atom is -0.466 e. The van der Waals surface area contributed by atoms with Gasteiger partial charge in [-0.3, -0.25) is 14.4 Å². The van der Waals surface area contributed by atoms with Crippen molar-refractivity contribution in [1.29, 1.82) is 0 Å². The van der Waals surface area contributed by atoms with Gasteiger partial charge < -0.3 is 20.1 Å². The molecule has 2 amide bonds. The Bertz CT molecular complexity index is 1200. The SMILES string of the molecule is CCOC(=O)[C@H]1[C@H]2C(=O)N([C@@H](CO)Cc3ccccc3)C(C(=O)Nc3ccccc3Cl)C23CC(Br)[C@@H]1S3. The predicted molar refractivity (Wildman–Crippen MR) is 147 cm³/mol. The van der Waals surface area contributed by atoms with E-state index in [0.717, 1.165) is 5.56 Å². The number of amides is 2. The highest BCUT2D eigenvalue weighted by atomic mass is 79.9. The second-order valence-electron chi connectivity index (χ2n) is 9.66. The largest absolute Gasteiger partial charge is 0.466 e. The summed E-state index contributed by atoms with van der Waals surface area (Å²) in [5.41, 5.74) is 1.38. The number of halogens is 2. The summed E-state index contributed by atoms with van der Waals surface area (Å²) in [5, 5.41) is 13.6. The van der Waals surface area contributed by atoms with Crippen LogP contribution < -0.4 is 5.32 Å². The van der Waals surface area contributed by atoms with Crippen molar-refractivity contribution in [1.82, 2.24) is 4.90 Å². The summed E-state index contributed by atoms with van der Waals surface area (Å²) < 4.78 is 4.55. The third-order valence-corrected chi connectivity index (χ3v) is 11.1. The number of ether oxygens (including phenoxy) is 1. The molecule has 7 atom stereocenters. The quantitative estimate of drug-likeness (QED) is 0.349. The van der Waals surface area contributed by atoms with Crippen molar-refractivity contribution in [3.8, 4) is 0 Å². The maximum absolute atomic E-state index is 14.2. The molecule has 10 heteroatoms. The minimum atomic E-state index is -0.906. The van der Waals surface area contributed by atoms with Crippen LogP contribution in [0.4, 0.5) is 5.69 Å². The number of aliphatic hydroxyl groups excluding tert-OH is 1. The van der Waals surface area contributed by atoms with Crippen LogP contribution in [0.2, 0.25) is 5.02 Å². The van der Waals surface area contributed by atoms with Crippen LogP contribution in [0.5, 0.6) is 0 Å². The highest BCUT2D eigenvalue weighted by molar-refractivity contribution is 9.09. The molecule has 2 aromatic rings. The molecule has 2 N–H and O–H groups in total. The molecule has 2 aromatic carbocycles. The van der Waals surface area contributed by atoms with E-state index in [1.165, 1.54) is 16.7 Å². The van der Waals surface area contributed by atoms with E-state index in [-0.39, 0.29) is 35.1 Å². The number of hydrogen-bond donors (Lipinski definition) is 2. The topological polar surface area (TPSA) is 95.9 Å². The number of hydrogen-bond acceptors (Lipinski definition) is 6. The fourth-order valence-corrected chi connectivity index (χ4v) is 9.94. The van der Waals surface area contributed by atoms with Gasteiger partial charge in [-0.15, -0.1) is 11.8 Å². The predicted octanol–water partition coefficient (Wildman–Crippen LogP) is 3.91. The number of thioether (sulfide) groups is 1. The molecule has 0 aromatic heterocycles. The van der Waals surface area contributed by atoms with Gasteiger partial charge >= 0.3 is 5.97 Å². The van der Waals surface area contributed by atoms with E-state index in [1.807, 2.05) is 30.3 Å². The van der Waals surface area contributed by atoms with Crippen molar-refractivity contribution < 1.29 is 24.2 Å². The van der Waals surface area contributed by atoms with E-state index in [1.54, 1.807) is 31.2 Å². The minimum absolute atomic E-state index is 0.0618. The van der Waals surface area contributed by atoms with Gasteiger partial charge in [0.2, 0.25) is 11.8 Å². The lowest BCUT2D eigenvalue weighted by Gasteiger charge is -2.37. The first-order valence-corrected chi connectivity index (χ1v) is 14.5. The van der Waals surface area contributed by atoms with Crippen molar-refractivity contribution in [2.45, 2.75) is 46.7 Å². The summed E-state index contributed by atoms with van der Waals surface area (Å²) in [6, 6.07) is 14.9. The lowest BCUT2D eigenvalue weighted by molar-refractivity contribution is -0.154. The second-order valence-corrected chi connectivity index (χ2v) is 12.8. The molecule has 0 radical (unpaired) electrons. The molecule has 3 saturated heterocycles. The first-order chi connectivity index (χ1) is 17.8. The molecule has 3 unspecified atom stereocenters. The fraction of sp³-hybridized carbons (Fsp3) is 0.444. The average Bonchev–Trinajstić information content (AvgIpc) is 3.48. The van der Waals surface area contributed by atoms with E-state index < -0.39 is 34.6 Å². The van der Waals surface area contributed by atoms with Gasteiger partial charge in [-0.05, 0) is 37.5 Å². The monoisotopic (exact) mass is 606 g/mol. The van der Waals surface area contributed by atoms with E-state index in [4.69, 9.17) is 16.3 Å². The summed E-state index contributed by atoms with van der Waals surface area (Å²) in [5.74, 6) is -2.48. The number of carbonyl (C=O) groups excluding carboxylic acids is 3. The number of aliphatic hydroxyl groups is 1. The van der Waals surface area contributed by atoms with E-state index in [2.05, 4.69) is 21.2 Å². The molecule has 196 valence electrons. The highest BCUT2D eigenvalue weighted by Crippen LogP contribution is 2.68. The van der Waals surface area contributed by atoms with Crippen LogP contribution in [-0.2, 0) is 25.5 Å². The zero-order chi connectivity index (χ0) is 26.3. The number of esters is 1. The number of fused-ring (bicyclic) bond motifs is 1. The number of nitrogens with one attached hydrogen (secondary N) is 1. The van der Waals surface area contributed by atoms with Crippen LogP contribution in [0.25, 0.3) is 0 Å². The normalized spacial score (nSPS) is 30.8. The van der Waals surface area contributed by atoms with Crippen molar-refractivity contribution in [2.24, 2.45) is 11.8 Å². The lowest BCUT2D eigenvalue weighted by Crippen LogP contribution is -2.55. The number of para-hydroxylation sites is 1. The van der Waals surface area contributed by atoms with E-state index >= 15 is 0 Å². The van der Waals surface area contributed by atoms with Gasteiger partial charge in [-0.1, -0.05) is 70.0 Å². The van der Waals surface area contributed by atoms with Crippen molar-refractivity contribution >= 4 is 62.8 Å². The molecule has 0 saturated carbocycles. The van der Waals surface area contributed by atoms with Gasteiger partial charge in [0.25, 0.3) is 0 Å². The molecule has 7 nitrogen and oxygen atoms in total. The third kappa shape index (κ3) is 4.47. The molecule has 37 heavy (non-hydrogen) atoms. The third-order valence-electron chi connectivity index (χ3n) is 7.58. The van der Waals surface area contributed by atoms with Crippen LogP contribution in [0, 0.1) is 11.8 Å². The van der Waals surface area contributed by atoms with Crippen LogP contribution in [0.3, 0.4) is 0 Å². The Hall–Kier alpha value is -2.07. The summed E-state index contributed by atoms with van der Waals surface area (Å²) in [6.45, 7) is 1.63. The molecule has 2 bridgehead atoms. The Labute approximate surface area is 233 Å². The summed E-state index contributed by atoms with van der Waals surface area (Å²) in [4.78, 5) is 42.8. The molecular weight excluding hydrogens is 580 g/mol. The van der Waals surface area contributed by atoms with Gasteiger partial charge in [-0.2, -0.15) is 0 Å². The summed E-state index contributed by atoms with van der Waals surface area (Å²) >= 11 is 11.6. The number of likely N-dealkylation sites (tertiary alicyclic amines) is 1. The van der Waals surface area contributed by atoms with Gasteiger partial charge in [0.1, 0.15) is 6.04 Å². The Balaban J connectivity index is 1.57. The first-order valence-electron chi connectivity index (χ1n) is 12.3. The fourth-order valence-electron chi connectivity index (χ4n) is 6.17. The van der Waals surface area contributed by atoms with E-state index in [0.29, 0.717) is 23.6 Å². The molecule has 3 aliphatic heterocycles. The smallest absolute Gasteiger partial charge is 0.310 e. The molecule has 1 spiro atoms. The summed E-state index contributed by atoms with van der Waals surface area (Å²) in [7, 11) is 0. The zero-order valence-corrected chi connectivity index (χ0v) is 23.3. The number of rotatable bonds is 8. The van der Waals surface area contributed by atoms with Crippen LogP contribution >= 0.6 is 39.3 Å². The Morgan fingerprint density at radius 2 is 1.95 bits per heavy atom. The Morgan fingerprint density at radius 1 is 1.24 bits per heavy atom. The maximum atomic E-state index is 14.2. The van der Waals surface area contributed by atoms with Crippen molar-refractivity contribution in [2.75, 3.05) is 18.5 Å². The molecule has 5 rings (SSSR count). The lowest BCUT2D eigenvalue weighted by atomic mass is 9.71. The van der Waals surface area contributed by atoms with Gasteiger partial charge in [0, 0.05) is 10.1 Å². The molecule has 3 aliphatic rings. The van der Waals surface area contributed by atoms with E-state index in [9.17, 15) is 19.5 Å². The first kappa shape index (κ1) is 26.5. The van der Waals surface area contributed by atoms with Crippen LogP contribution in [0.15, 0.2) is 54.6 Å². The van der Waals surface area contributed by atoms with Gasteiger partial charge in [0.05, 0.1) is 46.5 Å². The zero-order valence-electron chi connectivity index (χ0n) is 20.2. The molecule has 3 fully saturated rings. The Morgan fingerprint density at radius 3 is 2.62 bits per heavy atom. The number of benzene rings is 2. The van der Waals surface area contributed by atoms with Crippen LogP contribution in [0.1, 0.15) is 18.9 Å². The van der Waals surface area contributed by atoms with Crippen molar-refractivity contribution in [3.63, 3.8) is 0 Å². The number of alkyl halides is 1. The van der Waals surface area contributed by atoms with Crippen molar-refractivity contribution in [3.05, 3.63) is 65.2 Å². The Kier molecular flexibility index (Phi) is 7.60. The maximum Gasteiger partial charge on any atom is 0.310 e.